The maximum Gasteiger partial charge on any atom is 0.311 e. The number of rotatable bonds is 5. The normalized spacial score (nSPS) is 12.3. The van der Waals surface area contributed by atoms with Crippen molar-refractivity contribution in [2.45, 2.75) is 13.0 Å². The van der Waals surface area contributed by atoms with Gasteiger partial charge in [-0.15, -0.1) is 0 Å². The number of para-hydroxylation sites is 1. The lowest BCUT2D eigenvalue weighted by atomic mass is 10.1. The Morgan fingerprint density at radius 2 is 2.21 bits per heavy atom. The Hall–Kier alpha value is -2.21. The molecule has 1 unspecified atom stereocenters. The second-order valence-corrected chi connectivity index (χ2v) is 4.22. The van der Waals surface area contributed by atoms with E-state index in [2.05, 4.69) is 10.3 Å². The maximum atomic E-state index is 11.1. The van der Waals surface area contributed by atoms with Crippen LogP contribution < -0.4 is 5.32 Å². The summed E-state index contributed by atoms with van der Waals surface area (Å²) in [6, 6.07) is 7.32. The van der Waals surface area contributed by atoms with Gasteiger partial charge in [0.15, 0.2) is 0 Å². The van der Waals surface area contributed by atoms with Gasteiger partial charge in [0.05, 0.1) is 16.5 Å². The van der Waals surface area contributed by atoms with Crippen molar-refractivity contribution in [1.82, 2.24) is 4.98 Å². The van der Waals surface area contributed by atoms with Crippen molar-refractivity contribution in [3.8, 4) is 0 Å². The van der Waals surface area contributed by atoms with E-state index in [1.807, 2.05) is 31.2 Å². The number of nitro groups is 1. The van der Waals surface area contributed by atoms with Crippen molar-refractivity contribution in [2.24, 2.45) is 0 Å². The molecule has 1 aromatic heterocycles. The highest BCUT2D eigenvalue weighted by atomic mass is 16.6. The average molecular weight is 261 g/mol. The molecule has 0 saturated heterocycles. The Balaban J connectivity index is 2.46. The standard InChI is InChI=1S/C13H15N3O3/c1-9(19-2)7-15-13-10-5-3-4-6-11(10)14-8-12(13)16(17)18/h3-6,8-9H,7H2,1-2H3,(H,14,15). The number of nitrogens with one attached hydrogen (secondary N) is 1. The van der Waals surface area contributed by atoms with Crippen LogP contribution in [0.25, 0.3) is 10.9 Å². The summed E-state index contributed by atoms with van der Waals surface area (Å²) in [6.07, 6.45) is 1.24. The predicted octanol–water partition coefficient (Wildman–Crippen LogP) is 2.59. The molecule has 0 radical (unpaired) electrons. The van der Waals surface area contributed by atoms with E-state index in [0.717, 1.165) is 10.9 Å². The number of hydrogen-bond donors (Lipinski definition) is 1. The molecule has 0 bridgehead atoms. The maximum absolute atomic E-state index is 11.1. The number of aromatic nitrogens is 1. The molecule has 1 atom stereocenters. The minimum Gasteiger partial charge on any atom is -0.380 e. The summed E-state index contributed by atoms with van der Waals surface area (Å²) >= 11 is 0. The first kappa shape index (κ1) is 13.2. The topological polar surface area (TPSA) is 77.3 Å². The second kappa shape index (κ2) is 5.62. The Labute approximate surface area is 110 Å². The number of benzene rings is 1. The van der Waals surface area contributed by atoms with Crippen LogP contribution in [-0.4, -0.2) is 29.7 Å². The van der Waals surface area contributed by atoms with Crippen molar-refractivity contribution in [2.75, 3.05) is 19.0 Å². The van der Waals surface area contributed by atoms with Crippen LogP contribution in [0.15, 0.2) is 30.5 Å². The van der Waals surface area contributed by atoms with Crippen molar-refractivity contribution in [1.29, 1.82) is 0 Å². The van der Waals surface area contributed by atoms with E-state index in [4.69, 9.17) is 4.74 Å². The molecule has 2 rings (SSSR count). The first-order valence-corrected chi connectivity index (χ1v) is 5.92. The first-order valence-electron chi connectivity index (χ1n) is 5.92. The monoisotopic (exact) mass is 261 g/mol. The lowest BCUT2D eigenvalue weighted by molar-refractivity contribution is -0.384. The molecular formula is C13H15N3O3. The molecule has 0 amide bonds. The summed E-state index contributed by atoms with van der Waals surface area (Å²) in [5.74, 6) is 0. The molecule has 1 aromatic carbocycles. The third-order valence-electron chi connectivity index (χ3n) is 2.92. The molecule has 0 aliphatic carbocycles. The van der Waals surface area contributed by atoms with Crippen molar-refractivity contribution in [3.05, 3.63) is 40.6 Å². The molecule has 0 spiro atoms. The number of fused-ring (bicyclic) bond motifs is 1. The van der Waals surface area contributed by atoms with Crippen LogP contribution in [0.4, 0.5) is 11.4 Å². The van der Waals surface area contributed by atoms with Gasteiger partial charge in [-0.25, -0.2) is 4.98 Å². The van der Waals surface area contributed by atoms with E-state index in [9.17, 15) is 10.1 Å². The third kappa shape index (κ3) is 2.79. The van der Waals surface area contributed by atoms with Crippen LogP contribution in [0.1, 0.15) is 6.92 Å². The lowest BCUT2D eigenvalue weighted by Gasteiger charge is -2.13. The summed E-state index contributed by atoms with van der Waals surface area (Å²) in [4.78, 5) is 14.7. The van der Waals surface area contributed by atoms with E-state index in [1.54, 1.807) is 7.11 Å². The number of pyridine rings is 1. The Kier molecular flexibility index (Phi) is 3.91. The van der Waals surface area contributed by atoms with Crippen LogP contribution in [0, 0.1) is 10.1 Å². The van der Waals surface area contributed by atoms with Crippen molar-refractivity contribution in [3.63, 3.8) is 0 Å². The summed E-state index contributed by atoms with van der Waals surface area (Å²) in [5.41, 5.74) is 1.18. The van der Waals surface area contributed by atoms with Crippen LogP contribution in [-0.2, 0) is 4.74 Å². The van der Waals surface area contributed by atoms with Gasteiger partial charge in [-0.2, -0.15) is 0 Å². The molecule has 1 heterocycles. The van der Waals surface area contributed by atoms with Crippen LogP contribution in [0.5, 0.6) is 0 Å². The zero-order valence-corrected chi connectivity index (χ0v) is 10.8. The fourth-order valence-corrected chi connectivity index (χ4v) is 1.78. The van der Waals surface area contributed by atoms with E-state index in [0.29, 0.717) is 12.2 Å². The van der Waals surface area contributed by atoms with E-state index >= 15 is 0 Å². The minimum absolute atomic E-state index is 0.0259. The van der Waals surface area contributed by atoms with Crippen molar-refractivity contribution < 1.29 is 9.66 Å². The number of anilines is 1. The Morgan fingerprint density at radius 3 is 2.89 bits per heavy atom. The molecule has 100 valence electrons. The average Bonchev–Trinajstić information content (AvgIpc) is 2.43. The fraction of sp³-hybridized carbons (Fsp3) is 0.308. The molecule has 0 aliphatic heterocycles. The number of nitrogens with zero attached hydrogens (tertiary/aromatic N) is 2. The molecule has 6 heteroatoms. The molecule has 0 fully saturated rings. The van der Waals surface area contributed by atoms with Gasteiger partial charge in [0, 0.05) is 19.0 Å². The summed E-state index contributed by atoms with van der Waals surface area (Å²) < 4.78 is 5.14. The SMILES string of the molecule is COC(C)CNc1c([N+](=O)[O-])cnc2ccccc12. The Bertz CT molecular complexity index is 601. The largest absolute Gasteiger partial charge is 0.380 e. The molecule has 6 nitrogen and oxygen atoms in total. The molecule has 1 N–H and O–H groups in total. The van der Waals surface area contributed by atoms with E-state index in [1.165, 1.54) is 6.20 Å². The second-order valence-electron chi connectivity index (χ2n) is 4.22. The quantitative estimate of drug-likeness (QED) is 0.661. The lowest BCUT2D eigenvalue weighted by Crippen LogP contribution is -2.18. The minimum atomic E-state index is -0.431. The third-order valence-corrected chi connectivity index (χ3v) is 2.92. The van der Waals surface area contributed by atoms with Crippen molar-refractivity contribution >= 4 is 22.3 Å². The fourth-order valence-electron chi connectivity index (χ4n) is 1.78. The highest BCUT2D eigenvalue weighted by Gasteiger charge is 2.18. The zero-order valence-electron chi connectivity index (χ0n) is 10.8. The van der Waals surface area contributed by atoms with Gasteiger partial charge in [0.25, 0.3) is 0 Å². The highest BCUT2D eigenvalue weighted by Crippen LogP contribution is 2.31. The molecule has 0 aliphatic rings. The molecule has 19 heavy (non-hydrogen) atoms. The van der Waals surface area contributed by atoms with Crippen LogP contribution in [0.3, 0.4) is 0 Å². The van der Waals surface area contributed by atoms with Gasteiger partial charge < -0.3 is 10.1 Å². The summed E-state index contributed by atoms with van der Waals surface area (Å²) in [6.45, 7) is 2.38. The van der Waals surface area contributed by atoms with Gasteiger partial charge in [-0.3, -0.25) is 10.1 Å². The van der Waals surface area contributed by atoms with Gasteiger partial charge in [0.1, 0.15) is 11.9 Å². The number of ether oxygens (including phenoxy) is 1. The molecule has 2 aromatic rings. The number of methoxy groups -OCH3 is 1. The Morgan fingerprint density at radius 1 is 1.47 bits per heavy atom. The first-order chi connectivity index (χ1) is 9.13. The van der Waals surface area contributed by atoms with E-state index in [-0.39, 0.29) is 11.8 Å². The predicted molar refractivity (Wildman–Crippen MR) is 73.4 cm³/mol. The molecular weight excluding hydrogens is 246 g/mol. The zero-order chi connectivity index (χ0) is 13.8. The molecule has 0 saturated carbocycles. The van der Waals surface area contributed by atoms with Gasteiger partial charge >= 0.3 is 5.69 Å². The summed E-state index contributed by atoms with van der Waals surface area (Å²) in [5, 5.41) is 14.9. The summed E-state index contributed by atoms with van der Waals surface area (Å²) in [7, 11) is 1.60. The van der Waals surface area contributed by atoms with Crippen LogP contribution >= 0.6 is 0 Å². The van der Waals surface area contributed by atoms with Gasteiger partial charge in [-0.1, -0.05) is 18.2 Å². The number of hydrogen-bond acceptors (Lipinski definition) is 5. The smallest absolute Gasteiger partial charge is 0.311 e. The van der Waals surface area contributed by atoms with Gasteiger partial charge in [0.2, 0.25) is 0 Å². The van der Waals surface area contributed by atoms with Crippen LogP contribution in [0.2, 0.25) is 0 Å². The van der Waals surface area contributed by atoms with E-state index < -0.39 is 4.92 Å². The highest BCUT2D eigenvalue weighted by molar-refractivity contribution is 5.95. The van der Waals surface area contributed by atoms with Gasteiger partial charge in [-0.05, 0) is 13.0 Å².